The first-order valence-corrected chi connectivity index (χ1v) is 6.56. The molecule has 1 aromatic rings. The zero-order chi connectivity index (χ0) is 14.5. The Balaban J connectivity index is 2.23. The van der Waals surface area contributed by atoms with E-state index in [4.69, 9.17) is 5.11 Å². The summed E-state index contributed by atoms with van der Waals surface area (Å²) in [5.74, 6) is -1.25. The number of fused-ring (bicyclic) bond motifs is 1. The Bertz CT molecular complexity index is 528. The van der Waals surface area contributed by atoms with E-state index in [0.29, 0.717) is 6.54 Å². The molecule has 5 nitrogen and oxygen atoms in total. The highest BCUT2D eigenvalue weighted by molar-refractivity contribution is 5.87. The molecule has 1 atom stereocenters. The number of aliphatic carboxylic acids is 1. The molecule has 0 fully saturated rings. The molecule has 0 aromatic heterocycles. The molecule has 1 amide bonds. The molecule has 0 aliphatic carbocycles. The molecule has 2 N–H and O–H groups in total. The van der Waals surface area contributed by atoms with Crippen LogP contribution in [0.4, 0.5) is 0 Å². The van der Waals surface area contributed by atoms with E-state index in [0.717, 1.165) is 17.5 Å². The molecule has 20 heavy (non-hydrogen) atoms. The first-order valence-electron chi connectivity index (χ1n) is 6.56. The van der Waals surface area contributed by atoms with Gasteiger partial charge in [0.1, 0.15) is 12.6 Å². The number of nitrogens with one attached hydrogen (secondary N) is 1. The molecule has 1 aliphatic rings. The highest BCUT2D eigenvalue weighted by atomic mass is 16.4. The quantitative estimate of drug-likeness (QED) is 0.785. The van der Waals surface area contributed by atoms with Crippen LogP contribution < -0.4 is 5.32 Å². The largest absolute Gasteiger partial charge is 0.480 e. The smallest absolute Gasteiger partial charge is 0.323 e. The van der Waals surface area contributed by atoms with Crippen LogP contribution in [0, 0.1) is 0 Å². The molecule has 1 aliphatic heterocycles. The van der Waals surface area contributed by atoms with Crippen LogP contribution in [0.3, 0.4) is 0 Å². The fourth-order valence-electron chi connectivity index (χ4n) is 2.46. The Morgan fingerprint density at radius 1 is 1.45 bits per heavy atom. The lowest BCUT2D eigenvalue weighted by atomic mass is 9.93. The predicted octanol–water partition coefficient (Wildman–Crippen LogP) is 0.973. The van der Waals surface area contributed by atoms with Crippen LogP contribution in [0.1, 0.15) is 17.2 Å². The average Bonchev–Trinajstić information content (AvgIpc) is 2.45. The number of carbonyl (C=O) groups is 2. The van der Waals surface area contributed by atoms with Crippen LogP contribution >= 0.6 is 0 Å². The summed E-state index contributed by atoms with van der Waals surface area (Å²) in [6.07, 6.45) is 2.41. The van der Waals surface area contributed by atoms with E-state index < -0.39 is 12.0 Å². The minimum atomic E-state index is -1.02. The summed E-state index contributed by atoms with van der Waals surface area (Å²) in [6.45, 7) is 4.20. The lowest BCUT2D eigenvalue weighted by Crippen LogP contribution is -2.45. The number of rotatable bonds is 5. The Labute approximate surface area is 117 Å². The maximum absolute atomic E-state index is 12.5. The molecule has 0 bridgehead atoms. The van der Waals surface area contributed by atoms with E-state index >= 15 is 0 Å². The minimum absolute atomic E-state index is 0.223. The first kappa shape index (κ1) is 14.3. The van der Waals surface area contributed by atoms with Gasteiger partial charge in [-0.1, -0.05) is 30.3 Å². The third-order valence-corrected chi connectivity index (χ3v) is 3.34. The van der Waals surface area contributed by atoms with Gasteiger partial charge in [-0.2, -0.15) is 0 Å². The van der Waals surface area contributed by atoms with Gasteiger partial charge in [0, 0.05) is 13.1 Å². The van der Waals surface area contributed by atoms with Crippen molar-refractivity contribution < 1.29 is 14.7 Å². The standard InChI is InChI=1S/C15H18N2O3/c1-2-9-17(10-13(18)19)15(20)14-12-6-4-3-5-11(12)7-8-16-14/h2-6,14,16H,1,7-10H2,(H,18,19). The third-order valence-electron chi connectivity index (χ3n) is 3.34. The molecule has 0 spiro atoms. The molecule has 1 unspecified atom stereocenters. The zero-order valence-electron chi connectivity index (χ0n) is 11.2. The minimum Gasteiger partial charge on any atom is -0.480 e. The highest BCUT2D eigenvalue weighted by Gasteiger charge is 2.29. The van der Waals surface area contributed by atoms with Gasteiger partial charge in [0.25, 0.3) is 0 Å². The van der Waals surface area contributed by atoms with E-state index in [1.165, 1.54) is 11.0 Å². The van der Waals surface area contributed by atoms with Crippen LogP contribution in [-0.2, 0) is 16.0 Å². The van der Waals surface area contributed by atoms with E-state index in [1.54, 1.807) is 0 Å². The summed E-state index contributed by atoms with van der Waals surface area (Å²) < 4.78 is 0. The second-order valence-electron chi connectivity index (χ2n) is 4.74. The summed E-state index contributed by atoms with van der Waals surface area (Å²) in [4.78, 5) is 24.7. The normalized spacial score (nSPS) is 17.1. The van der Waals surface area contributed by atoms with Crippen LogP contribution in [0.5, 0.6) is 0 Å². The van der Waals surface area contributed by atoms with Crippen molar-refractivity contribution in [3.8, 4) is 0 Å². The molecule has 106 valence electrons. The van der Waals surface area contributed by atoms with Crippen molar-refractivity contribution in [1.29, 1.82) is 0 Å². The van der Waals surface area contributed by atoms with Gasteiger partial charge >= 0.3 is 5.97 Å². The fourth-order valence-corrected chi connectivity index (χ4v) is 2.46. The van der Waals surface area contributed by atoms with Crippen LogP contribution in [0.2, 0.25) is 0 Å². The average molecular weight is 274 g/mol. The van der Waals surface area contributed by atoms with Gasteiger partial charge in [-0.05, 0) is 17.5 Å². The van der Waals surface area contributed by atoms with Gasteiger partial charge in [0.05, 0.1) is 0 Å². The lowest BCUT2D eigenvalue weighted by molar-refractivity contribution is -0.145. The Kier molecular flexibility index (Phi) is 4.53. The van der Waals surface area contributed by atoms with Gasteiger partial charge < -0.3 is 15.3 Å². The molecule has 5 heteroatoms. The SMILES string of the molecule is C=CCN(CC(=O)O)C(=O)C1NCCc2ccccc21. The van der Waals surface area contributed by atoms with Gasteiger partial charge in [-0.15, -0.1) is 6.58 Å². The number of hydrogen-bond acceptors (Lipinski definition) is 3. The Morgan fingerprint density at radius 3 is 2.90 bits per heavy atom. The summed E-state index contributed by atoms with van der Waals surface area (Å²) in [5, 5.41) is 12.1. The molecule has 1 heterocycles. The summed E-state index contributed by atoms with van der Waals surface area (Å²) in [7, 11) is 0. The maximum atomic E-state index is 12.5. The lowest BCUT2D eigenvalue weighted by Gasteiger charge is -2.30. The Morgan fingerprint density at radius 2 is 2.20 bits per heavy atom. The number of nitrogens with zero attached hydrogens (tertiary/aromatic N) is 1. The number of carboxylic acids is 1. The van der Waals surface area contributed by atoms with E-state index in [-0.39, 0.29) is 19.0 Å². The highest BCUT2D eigenvalue weighted by Crippen LogP contribution is 2.24. The summed E-state index contributed by atoms with van der Waals surface area (Å²) in [5.41, 5.74) is 2.07. The molecular formula is C15H18N2O3. The molecule has 0 radical (unpaired) electrons. The molecule has 2 rings (SSSR count). The number of carbonyl (C=O) groups excluding carboxylic acids is 1. The van der Waals surface area contributed by atoms with Crippen LogP contribution in [0.15, 0.2) is 36.9 Å². The maximum Gasteiger partial charge on any atom is 0.323 e. The molecule has 0 saturated carbocycles. The van der Waals surface area contributed by atoms with Crippen LogP contribution in [0.25, 0.3) is 0 Å². The van der Waals surface area contributed by atoms with Crippen molar-refractivity contribution >= 4 is 11.9 Å². The van der Waals surface area contributed by atoms with Gasteiger partial charge in [-0.3, -0.25) is 9.59 Å². The van der Waals surface area contributed by atoms with E-state index in [9.17, 15) is 9.59 Å². The van der Waals surface area contributed by atoms with Crippen LogP contribution in [-0.4, -0.2) is 41.5 Å². The van der Waals surface area contributed by atoms with Crippen molar-refractivity contribution in [2.75, 3.05) is 19.6 Å². The first-order chi connectivity index (χ1) is 9.63. The van der Waals surface area contributed by atoms with Crippen molar-refractivity contribution in [2.24, 2.45) is 0 Å². The van der Waals surface area contributed by atoms with E-state index in [1.807, 2.05) is 24.3 Å². The molecule has 1 aromatic carbocycles. The number of carboxylic acid groups (broad SMARTS) is 1. The Hall–Kier alpha value is -2.14. The number of hydrogen-bond donors (Lipinski definition) is 2. The molecular weight excluding hydrogens is 256 g/mol. The second kappa shape index (κ2) is 6.34. The zero-order valence-corrected chi connectivity index (χ0v) is 11.2. The second-order valence-corrected chi connectivity index (χ2v) is 4.74. The van der Waals surface area contributed by atoms with Gasteiger partial charge in [-0.25, -0.2) is 0 Å². The van der Waals surface area contributed by atoms with E-state index in [2.05, 4.69) is 11.9 Å². The van der Waals surface area contributed by atoms with Crippen molar-refractivity contribution in [1.82, 2.24) is 10.2 Å². The van der Waals surface area contributed by atoms with Gasteiger partial charge in [0.2, 0.25) is 5.91 Å². The third kappa shape index (κ3) is 3.05. The summed E-state index contributed by atoms with van der Waals surface area (Å²) in [6, 6.07) is 7.29. The van der Waals surface area contributed by atoms with Crippen molar-refractivity contribution in [3.05, 3.63) is 48.0 Å². The summed E-state index contributed by atoms with van der Waals surface area (Å²) >= 11 is 0. The van der Waals surface area contributed by atoms with Crippen molar-refractivity contribution in [2.45, 2.75) is 12.5 Å². The predicted molar refractivity (Wildman–Crippen MR) is 75.3 cm³/mol. The monoisotopic (exact) mass is 274 g/mol. The fraction of sp³-hybridized carbons (Fsp3) is 0.333. The molecule has 0 saturated heterocycles. The topological polar surface area (TPSA) is 69.6 Å². The number of amides is 1. The number of benzene rings is 1. The van der Waals surface area contributed by atoms with Crippen molar-refractivity contribution in [3.63, 3.8) is 0 Å². The van der Waals surface area contributed by atoms with Gasteiger partial charge in [0.15, 0.2) is 0 Å².